The van der Waals surface area contributed by atoms with E-state index in [0.717, 1.165) is 10.3 Å². The van der Waals surface area contributed by atoms with Crippen LogP contribution in [-0.2, 0) is 4.74 Å². The number of hydrogen-bond acceptors (Lipinski definition) is 3. The fourth-order valence-electron chi connectivity index (χ4n) is 2.06. The van der Waals surface area contributed by atoms with Crippen LogP contribution in [0.1, 0.15) is 32.4 Å². The number of benzene rings is 1. The number of thiophene rings is 1. The van der Waals surface area contributed by atoms with Gasteiger partial charge in [-0.05, 0) is 37.6 Å². The second-order valence-electron chi connectivity index (χ2n) is 4.63. The Labute approximate surface area is 106 Å². The summed E-state index contributed by atoms with van der Waals surface area (Å²) < 4.78 is 6.77. The lowest BCUT2D eigenvalue weighted by Gasteiger charge is -2.30. The van der Waals surface area contributed by atoms with E-state index in [2.05, 4.69) is 17.5 Å². The summed E-state index contributed by atoms with van der Waals surface area (Å²) in [5.74, 6) is 0. The van der Waals surface area contributed by atoms with E-state index < -0.39 is 11.7 Å². The normalized spacial score (nSPS) is 14.1. The largest absolute Gasteiger partial charge is 0.385 e. The molecule has 0 bridgehead atoms. The van der Waals surface area contributed by atoms with E-state index in [1.54, 1.807) is 11.3 Å². The van der Waals surface area contributed by atoms with Gasteiger partial charge in [0.15, 0.2) is 0 Å². The van der Waals surface area contributed by atoms with Crippen molar-refractivity contribution in [2.75, 3.05) is 6.61 Å². The minimum atomic E-state index is -0.607. The van der Waals surface area contributed by atoms with Gasteiger partial charge in [0.1, 0.15) is 6.10 Å². The molecule has 2 rings (SSSR count). The quantitative estimate of drug-likeness (QED) is 0.895. The summed E-state index contributed by atoms with van der Waals surface area (Å²) in [5.41, 5.74) is 0.392. The Morgan fingerprint density at radius 2 is 2.12 bits per heavy atom. The highest BCUT2D eigenvalue weighted by molar-refractivity contribution is 7.17. The number of fused-ring (bicyclic) bond motifs is 1. The predicted octanol–water partition coefficient (Wildman–Crippen LogP) is 3.75. The molecule has 0 saturated carbocycles. The molecule has 1 unspecified atom stereocenters. The maximum absolute atomic E-state index is 10.5. The third-order valence-electron chi connectivity index (χ3n) is 2.98. The smallest absolute Gasteiger partial charge is 0.109 e. The fourth-order valence-corrected chi connectivity index (χ4v) is 3.00. The molecular formula is C14H18O2S. The third kappa shape index (κ3) is 2.37. The van der Waals surface area contributed by atoms with Crippen molar-refractivity contribution in [3.8, 4) is 0 Å². The van der Waals surface area contributed by atoms with E-state index >= 15 is 0 Å². The Morgan fingerprint density at radius 3 is 2.82 bits per heavy atom. The Morgan fingerprint density at radius 1 is 1.35 bits per heavy atom. The molecule has 92 valence electrons. The highest BCUT2D eigenvalue weighted by Gasteiger charge is 2.30. The van der Waals surface area contributed by atoms with E-state index in [0.29, 0.717) is 6.61 Å². The van der Waals surface area contributed by atoms with Crippen molar-refractivity contribution in [3.05, 3.63) is 35.2 Å². The minimum Gasteiger partial charge on any atom is -0.385 e. The molecule has 1 N–H and O–H groups in total. The highest BCUT2D eigenvalue weighted by Crippen LogP contribution is 2.35. The van der Waals surface area contributed by atoms with Crippen molar-refractivity contribution in [1.82, 2.24) is 0 Å². The van der Waals surface area contributed by atoms with Crippen molar-refractivity contribution < 1.29 is 9.84 Å². The molecule has 17 heavy (non-hydrogen) atoms. The van der Waals surface area contributed by atoms with Crippen LogP contribution in [0, 0.1) is 0 Å². The van der Waals surface area contributed by atoms with Gasteiger partial charge in [-0.25, -0.2) is 0 Å². The summed E-state index contributed by atoms with van der Waals surface area (Å²) in [6, 6.07) is 8.10. The van der Waals surface area contributed by atoms with Crippen LogP contribution in [0.4, 0.5) is 0 Å². The molecule has 0 aliphatic carbocycles. The van der Waals surface area contributed by atoms with Gasteiger partial charge >= 0.3 is 0 Å². The molecule has 1 heterocycles. The first kappa shape index (κ1) is 12.6. The van der Waals surface area contributed by atoms with Crippen molar-refractivity contribution in [2.24, 2.45) is 0 Å². The number of aliphatic hydroxyl groups excluding tert-OH is 1. The number of ether oxygens (including phenoxy) is 1. The maximum Gasteiger partial charge on any atom is 0.109 e. The summed E-state index contributed by atoms with van der Waals surface area (Å²) in [6.07, 6.45) is -0.607. The predicted molar refractivity (Wildman–Crippen MR) is 72.5 cm³/mol. The van der Waals surface area contributed by atoms with Crippen LogP contribution < -0.4 is 0 Å². The molecule has 0 aliphatic rings. The van der Waals surface area contributed by atoms with E-state index in [1.807, 2.05) is 32.9 Å². The molecule has 1 aromatic heterocycles. The fraction of sp³-hybridized carbons (Fsp3) is 0.429. The van der Waals surface area contributed by atoms with E-state index in [-0.39, 0.29) is 0 Å². The highest BCUT2D eigenvalue weighted by atomic mass is 32.1. The van der Waals surface area contributed by atoms with Gasteiger partial charge in [0, 0.05) is 16.9 Å². The molecule has 0 amide bonds. The van der Waals surface area contributed by atoms with Gasteiger partial charge in [-0.3, -0.25) is 0 Å². The standard InChI is InChI=1S/C14H18O2S/c1-4-16-14(2,3)13(15)11-7-5-6-10-8-9-17-12(10)11/h5-9,13,15H,4H2,1-3H3. The van der Waals surface area contributed by atoms with E-state index in [4.69, 9.17) is 4.74 Å². The van der Waals surface area contributed by atoms with Crippen LogP contribution in [0.25, 0.3) is 10.1 Å². The average molecular weight is 250 g/mol. The van der Waals surface area contributed by atoms with E-state index in [1.165, 1.54) is 5.39 Å². The monoisotopic (exact) mass is 250 g/mol. The first-order valence-corrected chi connectivity index (χ1v) is 6.72. The zero-order valence-electron chi connectivity index (χ0n) is 10.4. The minimum absolute atomic E-state index is 0.562. The molecule has 1 aromatic carbocycles. The summed E-state index contributed by atoms with van der Waals surface area (Å²) in [6.45, 7) is 6.39. The SMILES string of the molecule is CCOC(C)(C)C(O)c1cccc2ccsc12. The Kier molecular flexibility index (Phi) is 3.52. The first-order chi connectivity index (χ1) is 8.06. The van der Waals surface area contributed by atoms with Crippen molar-refractivity contribution >= 4 is 21.4 Å². The number of hydrogen-bond donors (Lipinski definition) is 1. The molecule has 2 aromatic rings. The third-order valence-corrected chi connectivity index (χ3v) is 3.96. The maximum atomic E-state index is 10.5. The molecule has 3 heteroatoms. The molecule has 0 radical (unpaired) electrons. The molecule has 2 nitrogen and oxygen atoms in total. The van der Waals surface area contributed by atoms with Gasteiger partial charge in [0.05, 0.1) is 5.60 Å². The summed E-state index contributed by atoms with van der Waals surface area (Å²) >= 11 is 1.66. The lowest BCUT2D eigenvalue weighted by molar-refractivity contribution is -0.0977. The molecule has 0 aliphatic heterocycles. The van der Waals surface area contributed by atoms with Crippen molar-refractivity contribution in [2.45, 2.75) is 32.5 Å². The topological polar surface area (TPSA) is 29.5 Å². The number of aliphatic hydroxyl groups is 1. The molecule has 1 atom stereocenters. The molecule has 0 fully saturated rings. The molecule has 0 saturated heterocycles. The number of rotatable bonds is 4. The zero-order valence-corrected chi connectivity index (χ0v) is 11.3. The zero-order chi connectivity index (χ0) is 12.5. The van der Waals surface area contributed by atoms with Crippen molar-refractivity contribution in [3.63, 3.8) is 0 Å². The van der Waals surface area contributed by atoms with Gasteiger partial charge in [0.25, 0.3) is 0 Å². The van der Waals surface area contributed by atoms with Gasteiger partial charge in [-0.1, -0.05) is 18.2 Å². The van der Waals surface area contributed by atoms with Crippen LogP contribution >= 0.6 is 11.3 Å². The second kappa shape index (κ2) is 4.77. The average Bonchev–Trinajstić information content (AvgIpc) is 2.75. The van der Waals surface area contributed by atoms with Crippen LogP contribution in [0.5, 0.6) is 0 Å². The van der Waals surface area contributed by atoms with Crippen LogP contribution in [0.15, 0.2) is 29.6 Å². The first-order valence-electron chi connectivity index (χ1n) is 5.84. The lowest BCUT2D eigenvalue weighted by Crippen LogP contribution is -2.32. The Bertz CT molecular complexity index is 502. The molecular weight excluding hydrogens is 232 g/mol. The second-order valence-corrected chi connectivity index (χ2v) is 5.54. The summed E-state index contributed by atoms with van der Waals surface area (Å²) in [4.78, 5) is 0. The van der Waals surface area contributed by atoms with Gasteiger partial charge in [-0.15, -0.1) is 11.3 Å². The van der Waals surface area contributed by atoms with Crippen LogP contribution in [0.2, 0.25) is 0 Å². The Hall–Kier alpha value is -0.900. The van der Waals surface area contributed by atoms with Crippen LogP contribution in [-0.4, -0.2) is 17.3 Å². The Balaban J connectivity index is 2.42. The van der Waals surface area contributed by atoms with Gasteiger partial charge in [-0.2, -0.15) is 0 Å². The van der Waals surface area contributed by atoms with Crippen LogP contribution in [0.3, 0.4) is 0 Å². The van der Waals surface area contributed by atoms with Gasteiger partial charge < -0.3 is 9.84 Å². The van der Waals surface area contributed by atoms with Crippen molar-refractivity contribution in [1.29, 1.82) is 0 Å². The van der Waals surface area contributed by atoms with E-state index in [9.17, 15) is 5.11 Å². The molecule has 0 spiro atoms. The summed E-state index contributed by atoms with van der Waals surface area (Å²) in [7, 11) is 0. The summed E-state index contributed by atoms with van der Waals surface area (Å²) in [5, 5.41) is 13.7. The lowest BCUT2D eigenvalue weighted by atomic mass is 9.94. The van der Waals surface area contributed by atoms with Gasteiger partial charge in [0.2, 0.25) is 0 Å².